The lowest BCUT2D eigenvalue weighted by Crippen LogP contribution is -2.07. The second-order valence-corrected chi connectivity index (χ2v) is 4.21. The van der Waals surface area contributed by atoms with Gasteiger partial charge in [0.1, 0.15) is 0 Å². The second kappa shape index (κ2) is 6.70. The lowest BCUT2D eigenvalue weighted by atomic mass is 10.1. The molecule has 0 radical (unpaired) electrons. The van der Waals surface area contributed by atoms with E-state index in [9.17, 15) is 4.79 Å². The molecule has 2 aromatic carbocycles. The fourth-order valence-electron chi connectivity index (χ4n) is 1.76. The summed E-state index contributed by atoms with van der Waals surface area (Å²) in [4.78, 5) is 11.8. The number of nitrogens with zero attached hydrogens (tertiary/aromatic N) is 2. The third kappa shape index (κ3) is 3.79. The van der Waals surface area contributed by atoms with Crippen LogP contribution in [0.5, 0.6) is 0 Å². The van der Waals surface area contributed by atoms with Crippen LogP contribution >= 0.6 is 0 Å². The smallest absolute Gasteiger partial charge is 0.248 e. The Morgan fingerprint density at radius 1 is 1.05 bits per heavy atom. The quantitative estimate of drug-likeness (QED) is 0.873. The van der Waals surface area contributed by atoms with Crippen molar-refractivity contribution in [3.8, 4) is 12.1 Å². The molecule has 4 heteroatoms. The minimum atomic E-state index is -0.321. The van der Waals surface area contributed by atoms with Gasteiger partial charge in [-0.3, -0.25) is 4.79 Å². The molecule has 0 saturated carbocycles. The number of nitriles is 2. The molecule has 0 aliphatic rings. The maximum absolute atomic E-state index is 11.8. The lowest BCUT2D eigenvalue weighted by molar-refractivity contribution is -0.111. The first-order chi connectivity index (χ1) is 10.2. The maximum atomic E-state index is 11.8. The third-order valence-corrected chi connectivity index (χ3v) is 2.75. The van der Waals surface area contributed by atoms with E-state index < -0.39 is 0 Å². The van der Waals surface area contributed by atoms with E-state index in [-0.39, 0.29) is 5.91 Å². The van der Waals surface area contributed by atoms with E-state index in [1.807, 2.05) is 6.07 Å². The highest BCUT2D eigenvalue weighted by Crippen LogP contribution is 2.11. The van der Waals surface area contributed by atoms with Crippen molar-refractivity contribution in [2.75, 3.05) is 5.32 Å². The Kier molecular flexibility index (Phi) is 4.48. The van der Waals surface area contributed by atoms with Crippen molar-refractivity contribution >= 4 is 17.7 Å². The summed E-state index contributed by atoms with van der Waals surface area (Å²) < 4.78 is 0. The lowest BCUT2D eigenvalue weighted by Gasteiger charge is -2.02. The molecule has 2 aromatic rings. The largest absolute Gasteiger partial charge is 0.322 e. The zero-order valence-corrected chi connectivity index (χ0v) is 11.1. The maximum Gasteiger partial charge on any atom is 0.248 e. The van der Waals surface area contributed by atoms with Gasteiger partial charge < -0.3 is 5.32 Å². The molecule has 0 fully saturated rings. The Morgan fingerprint density at radius 2 is 1.86 bits per heavy atom. The van der Waals surface area contributed by atoms with Gasteiger partial charge in [-0.25, -0.2) is 0 Å². The molecule has 0 aromatic heterocycles. The van der Waals surface area contributed by atoms with Crippen LogP contribution in [0.4, 0.5) is 5.69 Å². The average molecular weight is 273 g/mol. The van der Waals surface area contributed by atoms with E-state index in [0.717, 1.165) is 0 Å². The van der Waals surface area contributed by atoms with Crippen LogP contribution in [0.25, 0.3) is 6.08 Å². The highest BCUT2D eigenvalue weighted by molar-refractivity contribution is 6.02. The monoisotopic (exact) mass is 273 g/mol. The number of hydrogen-bond donors (Lipinski definition) is 1. The molecule has 2 rings (SSSR count). The summed E-state index contributed by atoms with van der Waals surface area (Å²) >= 11 is 0. The molecule has 0 aliphatic heterocycles. The predicted molar refractivity (Wildman–Crippen MR) is 80.0 cm³/mol. The van der Waals surface area contributed by atoms with Crippen molar-refractivity contribution in [2.45, 2.75) is 0 Å². The number of benzene rings is 2. The van der Waals surface area contributed by atoms with E-state index in [0.29, 0.717) is 22.4 Å². The number of carbonyl (C=O) groups excluding carboxylic acids is 1. The summed E-state index contributed by atoms with van der Waals surface area (Å²) in [6.07, 6.45) is 2.94. The molecule has 1 N–H and O–H groups in total. The van der Waals surface area contributed by atoms with E-state index >= 15 is 0 Å². The van der Waals surface area contributed by atoms with Gasteiger partial charge in [-0.05, 0) is 35.9 Å². The topological polar surface area (TPSA) is 76.7 Å². The summed E-state index contributed by atoms with van der Waals surface area (Å²) in [5.74, 6) is -0.321. The molecule has 0 aliphatic carbocycles. The van der Waals surface area contributed by atoms with Gasteiger partial charge in [-0.1, -0.05) is 24.3 Å². The molecule has 0 saturated heterocycles. The van der Waals surface area contributed by atoms with Crippen LogP contribution in [-0.2, 0) is 4.79 Å². The van der Waals surface area contributed by atoms with Crippen molar-refractivity contribution in [2.24, 2.45) is 0 Å². The van der Waals surface area contributed by atoms with Gasteiger partial charge in [0.2, 0.25) is 5.91 Å². The van der Waals surface area contributed by atoms with Gasteiger partial charge in [0, 0.05) is 11.8 Å². The predicted octanol–water partition coefficient (Wildman–Crippen LogP) is 3.08. The summed E-state index contributed by atoms with van der Waals surface area (Å²) in [7, 11) is 0. The molecule has 0 bridgehead atoms. The van der Waals surface area contributed by atoms with E-state index in [1.165, 1.54) is 6.08 Å². The zero-order valence-electron chi connectivity index (χ0n) is 11.1. The van der Waals surface area contributed by atoms with Crippen LogP contribution in [0, 0.1) is 22.7 Å². The van der Waals surface area contributed by atoms with Gasteiger partial charge in [-0.15, -0.1) is 0 Å². The van der Waals surface area contributed by atoms with Gasteiger partial charge >= 0.3 is 0 Å². The van der Waals surface area contributed by atoms with Crippen molar-refractivity contribution in [1.82, 2.24) is 0 Å². The first kappa shape index (κ1) is 14.0. The van der Waals surface area contributed by atoms with Crippen LogP contribution < -0.4 is 5.32 Å². The van der Waals surface area contributed by atoms with E-state index in [2.05, 4.69) is 11.4 Å². The minimum Gasteiger partial charge on any atom is -0.322 e. The summed E-state index contributed by atoms with van der Waals surface area (Å²) in [6.45, 7) is 0. The number of rotatable bonds is 3. The molecule has 0 heterocycles. The van der Waals surface area contributed by atoms with Crippen molar-refractivity contribution in [1.29, 1.82) is 10.5 Å². The van der Waals surface area contributed by atoms with Crippen LogP contribution in [0.1, 0.15) is 16.7 Å². The van der Waals surface area contributed by atoms with Crippen LogP contribution in [0.3, 0.4) is 0 Å². The number of carbonyl (C=O) groups is 1. The van der Waals surface area contributed by atoms with Gasteiger partial charge in [0.15, 0.2) is 0 Å². The Morgan fingerprint density at radius 3 is 2.62 bits per heavy atom. The molecular formula is C17H11N3O. The molecule has 21 heavy (non-hydrogen) atoms. The van der Waals surface area contributed by atoms with Gasteiger partial charge in [0.05, 0.1) is 23.3 Å². The molecule has 0 unspecified atom stereocenters. The number of anilines is 1. The second-order valence-electron chi connectivity index (χ2n) is 4.21. The fourth-order valence-corrected chi connectivity index (χ4v) is 1.76. The molecule has 4 nitrogen and oxygen atoms in total. The van der Waals surface area contributed by atoms with Gasteiger partial charge in [0.25, 0.3) is 0 Å². The number of hydrogen-bond acceptors (Lipinski definition) is 3. The van der Waals surface area contributed by atoms with E-state index in [1.54, 1.807) is 54.6 Å². The highest BCUT2D eigenvalue weighted by atomic mass is 16.1. The van der Waals surface area contributed by atoms with Gasteiger partial charge in [-0.2, -0.15) is 10.5 Å². The van der Waals surface area contributed by atoms with E-state index in [4.69, 9.17) is 10.5 Å². The Hall–Kier alpha value is -3.37. The number of amides is 1. The first-order valence-corrected chi connectivity index (χ1v) is 6.21. The SMILES string of the molecule is N#Cc1cccc(NC(=O)/C=C/c2ccccc2C#N)c1. The summed E-state index contributed by atoms with van der Waals surface area (Å²) in [5.41, 5.74) is 2.22. The fraction of sp³-hybridized carbons (Fsp3) is 0. The first-order valence-electron chi connectivity index (χ1n) is 6.21. The van der Waals surface area contributed by atoms with Crippen molar-refractivity contribution in [3.63, 3.8) is 0 Å². The average Bonchev–Trinajstić information content (AvgIpc) is 2.53. The molecular weight excluding hydrogens is 262 g/mol. The Labute approximate surface area is 122 Å². The molecule has 1 amide bonds. The minimum absolute atomic E-state index is 0.321. The third-order valence-electron chi connectivity index (χ3n) is 2.75. The van der Waals surface area contributed by atoms with Crippen LogP contribution in [0.2, 0.25) is 0 Å². The van der Waals surface area contributed by atoms with Crippen molar-refractivity contribution in [3.05, 3.63) is 71.3 Å². The van der Waals surface area contributed by atoms with Crippen LogP contribution in [-0.4, -0.2) is 5.91 Å². The summed E-state index contributed by atoms with van der Waals surface area (Å²) in [6, 6.07) is 17.7. The van der Waals surface area contributed by atoms with Crippen molar-refractivity contribution < 1.29 is 4.79 Å². The molecule has 0 atom stereocenters. The molecule has 0 spiro atoms. The van der Waals surface area contributed by atoms with Crippen LogP contribution in [0.15, 0.2) is 54.6 Å². The zero-order chi connectivity index (χ0) is 15.1. The number of nitrogens with one attached hydrogen (secondary N) is 1. The summed E-state index contributed by atoms with van der Waals surface area (Å²) in [5, 5.41) is 20.4. The highest BCUT2D eigenvalue weighted by Gasteiger charge is 2.00. The Balaban J connectivity index is 2.10. The normalized spacial score (nSPS) is 9.81. The molecule has 100 valence electrons. The standard InChI is InChI=1S/C17H11N3O/c18-11-13-4-3-7-16(10-13)20-17(21)9-8-14-5-1-2-6-15(14)12-19/h1-10H,(H,20,21)/b9-8+. The Bertz CT molecular complexity index is 779.